The van der Waals surface area contributed by atoms with E-state index >= 15 is 0 Å². The third-order valence-electron chi connectivity index (χ3n) is 5.71. The Morgan fingerprint density at radius 2 is 1.59 bits per heavy atom. The SMILES string of the molecule is COc1ccc(CCN2C(=NC(=O)Cc3ccc(OC)cc3)S[C@H]3CS(=O)(=O)C[C@@H]32)cc1. The summed E-state index contributed by atoms with van der Waals surface area (Å²) in [7, 11) is 0.158. The smallest absolute Gasteiger partial charge is 0.252 e. The van der Waals surface area contributed by atoms with Gasteiger partial charge in [0, 0.05) is 11.8 Å². The zero-order valence-corrected chi connectivity index (χ0v) is 19.7. The minimum atomic E-state index is -3.07. The molecule has 2 heterocycles. The molecule has 2 aromatic rings. The number of amidine groups is 1. The van der Waals surface area contributed by atoms with Crippen molar-refractivity contribution in [3.05, 3.63) is 59.7 Å². The summed E-state index contributed by atoms with van der Waals surface area (Å²) < 4.78 is 34.7. The summed E-state index contributed by atoms with van der Waals surface area (Å²) in [6.45, 7) is 0.602. The standard InChI is InChI=1S/C23H26N2O5S2/c1-29-18-7-3-16(4-8-18)11-12-25-20-14-32(27,28)15-21(20)31-23(25)24-22(26)13-17-5-9-19(30-2)10-6-17/h3-10,20-21H,11-15H2,1-2H3/t20-,21-/m0/s1. The molecule has 0 radical (unpaired) electrons. The molecule has 1 amide bonds. The molecule has 9 heteroatoms. The van der Waals surface area contributed by atoms with Gasteiger partial charge in [-0.3, -0.25) is 4.79 Å². The lowest BCUT2D eigenvalue weighted by atomic mass is 10.1. The topological polar surface area (TPSA) is 85.3 Å². The van der Waals surface area contributed by atoms with Crippen LogP contribution in [0.25, 0.3) is 0 Å². The predicted octanol–water partition coefficient (Wildman–Crippen LogP) is 2.59. The molecule has 4 rings (SSSR count). The van der Waals surface area contributed by atoms with E-state index in [1.165, 1.54) is 11.8 Å². The first-order valence-electron chi connectivity index (χ1n) is 10.4. The summed E-state index contributed by atoms with van der Waals surface area (Å²) in [6.07, 6.45) is 0.910. The van der Waals surface area contributed by atoms with E-state index in [1.54, 1.807) is 14.2 Å². The predicted molar refractivity (Wildman–Crippen MR) is 126 cm³/mol. The van der Waals surface area contributed by atoms with Gasteiger partial charge in [0.1, 0.15) is 11.5 Å². The zero-order valence-electron chi connectivity index (χ0n) is 18.1. The van der Waals surface area contributed by atoms with E-state index in [0.29, 0.717) is 11.7 Å². The van der Waals surface area contributed by atoms with Crippen LogP contribution >= 0.6 is 11.8 Å². The summed E-state index contributed by atoms with van der Waals surface area (Å²) in [6, 6.07) is 15.0. The minimum Gasteiger partial charge on any atom is -0.497 e. The van der Waals surface area contributed by atoms with Crippen molar-refractivity contribution in [2.24, 2.45) is 4.99 Å². The van der Waals surface area contributed by atoms with Gasteiger partial charge < -0.3 is 14.4 Å². The Morgan fingerprint density at radius 3 is 2.19 bits per heavy atom. The first kappa shape index (κ1) is 22.7. The molecule has 0 bridgehead atoms. The van der Waals surface area contributed by atoms with Crippen LogP contribution in [0, 0.1) is 0 Å². The normalized spacial score (nSPS) is 22.7. The maximum Gasteiger partial charge on any atom is 0.252 e. The number of sulfone groups is 1. The number of thioether (sulfide) groups is 1. The Bertz CT molecular complexity index is 1100. The molecule has 0 spiro atoms. The Labute approximate surface area is 192 Å². The number of carbonyl (C=O) groups is 1. The number of amides is 1. The Kier molecular flexibility index (Phi) is 6.76. The van der Waals surface area contributed by atoms with Gasteiger partial charge in [-0.15, -0.1) is 0 Å². The molecule has 2 saturated heterocycles. The summed E-state index contributed by atoms with van der Waals surface area (Å²) >= 11 is 1.41. The fraction of sp³-hybridized carbons (Fsp3) is 0.391. The van der Waals surface area contributed by atoms with Crippen LogP contribution in [-0.2, 0) is 27.5 Å². The molecule has 7 nitrogen and oxygen atoms in total. The number of nitrogens with zero attached hydrogens (tertiary/aromatic N) is 2. The van der Waals surface area contributed by atoms with Crippen LogP contribution in [0.2, 0.25) is 0 Å². The Balaban J connectivity index is 1.48. The highest BCUT2D eigenvalue weighted by molar-refractivity contribution is 8.15. The third-order valence-corrected chi connectivity index (χ3v) is 8.96. The molecule has 0 N–H and O–H groups in total. The van der Waals surface area contributed by atoms with Gasteiger partial charge in [-0.05, 0) is 41.8 Å². The second-order valence-corrected chi connectivity index (χ2v) is 11.3. The molecule has 2 aromatic carbocycles. The highest BCUT2D eigenvalue weighted by Gasteiger charge is 2.48. The third kappa shape index (κ3) is 5.27. The Hall–Kier alpha value is -2.52. The van der Waals surface area contributed by atoms with Crippen molar-refractivity contribution in [3.8, 4) is 11.5 Å². The highest BCUT2D eigenvalue weighted by Crippen LogP contribution is 2.38. The molecular weight excluding hydrogens is 448 g/mol. The molecule has 2 aliphatic rings. The quantitative estimate of drug-likeness (QED) is 0.610. The van der Waals surface area contributed by atoms with Crippen LogP contribution in [0.5, 0.6) is 11.5 Å². The second-order valence-electron chi connectivity index (χ2n) is 7.90. The monoisotopic (exact) mass is 474 g/mol. The van der Waals surface area contributed by atoms with Crippen LogP contribution in [-0.4, -0.2) is 68.0 Å². The fourth-order valence-corrected chi connectivity index (χ4v) is 8.00. The molecule has 0 unspecified atom stereocenters. The number of methoxy groups -OCH3 is 2. The van der Waals surface area contributed by atoms with Crippen molar-refractivity contribution in [2.45, 2.75) is 24.1 Å². The number of benzene rings is 2. The van der Waals surface area contributed by atoms with Gasteiger partial charge in [0.05, 0.1) is 38.2 Å². The minimum absolute atomic E-state index is 0.0802. The molecule has 0 saturated carbocycles. The number of fused-ring (bicyclic) bond motifs is 1. The highest BCUT2D eigenvalue weighted by atomic mass is 32.2. The van der Waals surface area contributed by atoms with Gasteiger partial charge in [0.2, 0.25) is 0 Å². The Morgan fingerprint density at radius 1 is 1.00 bits per heavy atom. The number of rotatable bonds is 7. The summed E-state index contributed by atoms with van der Waals surface area (Å²) in [5, 5.41) is 0.547. The maximum atomic E-state index is 12.7. The van der Waals surface area contributed by atoms with E-state index in [4.69, 9.17) is 9.47 Å². The van der Waals surface area contributed by atoms with Crippen LogP contribution < -0.4 is 9.47 Å². The average molecular weight is 475 g/mol. The molecule has 2 fully saturated rings. The number of aliphatic imine (C=N–C) groups is 1. The van der Waals surface area contributed by atoms with E-state index in [1.807, 2.05) is 53.4 Å². The van der Waals surface area contributed by atoms with Crippen molar-refractivity contribution in [1.82, 2.24) is 4.90 Å². The van der Waals surface area contributed by atoms with E-state index in [-0.39, 0.29) is 35.1 Å². The zero-order chi connectivity index (χ0) is 22.7. The summed E-state index contributed by atoms with van der Waals surface area (Å²) in [5.74, 6) is 1.53. The molecule has 0 aliphatic carbocycles. The van der Waals surface area contributed by atoms with Gasteiger partial charge in [-0.1, -0.05) is 36.0 Å². The van der Waals surface area contributed by atoms with E-state index in [0.717, 1.165) is 29.0 Å². The van der Waals surface area contributed by atoms with Gasteiger partial charge in [0.25, 0.3) is 5.91 Å². The summed E-state index contributed by atoms with van der Waals surface area (Å²) in [5.41, 5.74) is 1.97. The first-order valence-corrected chi connectivity index (χ1v) is 13.1. The molecule has 170 valence electrons. The van der Waals surface area contributed by atoms with Crippen LogP contribution in [0.3, 0.4) is 0 Å². The fourth-order valence-electron chi connectivity index (χ4n) is 4.00. The maximum absolute atomic E-state index is 12.7. The van der Waals surface area contributed by atoms with E-state index in [9.17, 15) is 13.2 Å². The van der Waals surface area contributed by atoms with Crippen molar-refractivity contribution in [2.75, 3.05) is 32.3 Å². The van der Waals surface area contributed by atoms with Gasteiger partial charge in [0.15, 0.2) is 15.0 Å². The van der Waals surface area contributed by atoms with Gasteiger partial charge in [-0.2, -0.15) is 4.99 Å². The van der Waals surface area contributed by atoms with Crippen molar-refractivity contribution in [1.29, 1.82) is 0 Å². The van der Waals surface area contributed by atoms with Crippen molar-refractivity contribution < 1.29 is 22.7 Å². The van der Waals surface area contributed by atoms with Crippen LogP contribution in [0.15, 0.2) is 53.5 Å². The molecule has 2 atom stereocenters. The van der Waals surface area contributed by atoms with E-state index in [2.05, 4.69) is 4.99 Å². The lowest BCUT2D eigenvalue weighted by Gasteiger charge is -2.24. The number of hydrogen-bond donors (Lipinski definition) is 0. The van der Waals surface area contributed by atoms with Crippen LogP contribution in [0.1, 0.15) is 11.1 Å². The lowest BCUT2D eigenvalue weighted by Crippen LogP contribution is -2.39. The first-order chi connectivity index (χ1) is 15.4. The molecule has 32 heavy (non-hydrogen) atoms. The molecule has 2 aliphatic heterocycles. The van der Waals surface area contributed by atoms with Gasteiger partial charge >= 0.3 is 0 Å². The van der Waals surface area contributed by atoms with Crippen LogP contribution in [0.4, 0.5) is 0 Å². The van der Waals surface area contributed by atoms with Crippen molar-refractivity contribution in [3.63, 3.8) is 0 Å². The average Bonchev–Trinajstić information content (AvgIpc) is 3.23. The van der Waals surface area contributed by atoms with E-state index < -0.39 is 9.84 Å². The second kappa shape index (κ2) is 9.54. The molecular formula is C23H26N2O5S2. The summed E-state index contributed by atoms with van der Waals surface area (Å²) in [4.78, 5) is 19.1. The number of carbonyl (C=O) groups excluding carboxylic acids is 1. The van der Waals surface area contributed by atoms with Crippen molar-refractivity contribution >= 4 is 32.7 Å². The van der Waals surface area contributed by atoms with Gasteiger partial charge in [-0.25, -0.2) is 8.42 Å². The largest absolute Gasteiger partial charge is 0.497 e. The molecule has 0 aromatic heterocycles. The lowest BCUT2D eigenvalue weighted by molar-refractivity contribution is -0.117. The number of ether oxygens (including phenoxy) is 2. The number of hydrogen-bond acceptors (Lipinski definition) is 6.